The molecule has 0 aromatic carbocycles. The van der Waals surface area contributed by atoms with Crippen LogP contribution in [0.4, 0.5) is 0 Å². The molecule has 2 atom stereocenters. The molecule has 2 aliphatic rings. The first-order chi connectivity index (χ1) is 11.4. The van der Waals surface area contributed by atoms with Gasteiger partial charge in [0.05, 0.1) is 19.0 Å². The minimum Gasteiger partial charge on any atom is -0.512 e. The van der Waals surface area contributed by atoms with Crippen molar-refractivity contribution in [3.05, 3.63) is 70.6 Å². The van der Waals surface area contributed by atoms with Crippen LogP contribution in [-0.2, 0) is 4.74 Å². The summed E-state index contributed by atoms with van der Waals surface area (Å²) in [6.07, 6.45) is 7.78. The smallest absolute Gasteiger partial charge is 0.0956 e. The van der Waals surface area contributed by atoms with E-state index in [1.54, 1.807) is 0 Å². The Kier molecular flexibility index (Phi) is 6.06. The number of aliphatic hydroxyl groups is 1. The van der Waals surface area contributed by atoms with Crippen molar-refractivity contribution in [3.8, 4) is 0 Å². The van der Waals surface area contributed by atoms with Gasteiger partial charge in [-0.15, -0.1) is 0 Å². The van der Waals surface area contributed by atoms with E-state index in [4.69, 9.17) is 4.74 Å². The monoisotopic (exact) mass is 326 g/mol. The van der Waals surface area contributed by atoms with Crippen molar-refractivity contribution in [2.24, 2.45) is 11.8 Å². The lowest BCUT2D eigenvalue weighted by Gasteiger charge is -2.35. The zero-order valence-electron chi connectivity index (χ0n) is 15.5. The zero-order valence-corrected chi connectivity index (χ0v) is 15.5. The van der Waals surface area contributed by atoms with Gasteiger partial charge in [-0.2, -0.15) is 0 Å². The zero-order chi connectivity index (χ0) is 17.9. The molecule has 0 amide bonds. The molecule has 1 aliphatic heterocycles. The molecule has 0 spiro atoms. The molecule has 0 radical (unpaired) electrons. The van der Waals surface area contributed by atoms with Crippen LogP contribution in [0, 0.1) is 11.8 Å². The fourth-order valence-electron chi connectivity index (χ4n) is 3.62. The highest BCUT2D eigenvalue weighted by Gasteiger charge is 2.31. The van der Waals surface area contributed by atoms with Gasteiger partial charge in [-0.1, -0.05) is 44.7 Å². The Balaban J connectivity index is 2.51. The molecular formula is C22H30O2. The summed E-state index contributed by atoms with van der Waals surface area (Å²) in [6.45, 7) is 18.0. The Morgan fingerprint density at radius 1 is 1.46 bits per heavy atom. The molecule has 1 N–H and O–H groups in total. The van der Waals surface area contributed by atoms with Gasteiger partial charge in [0.15, 0.2) is 0 Å². The molecule has 0 saturated carbocycles. The number of ether oxygens (including phenoxy) is 1. The van der Waals surface area contributed by atoms with Crippen molar-refractivity contribution >= 4 is 0 Å². The number of fused-ring (bicyclic) bond motifs is 1. The molecule has 1 fully saturated rings. The Morgan fingerprint density at radius 3 is 2.75 bits per heavy atom. The molecule has 0 bridgehead atoms. The van der Waals surface area contributed by atoms with E-state index >= 15 is 0 Å². The minimum absolute atomic E-state index is 0.146. The molecule has 1 saturated heterocycles. The molecular weight excluding hydrogens is 296 g/mol. The Bertz CT molecular complexity index is 655. The maximum absolute atomic E-state index is 10.3. The van der Waals surface area contributed by atoms with Gasteiger partial charge < -0.3 is 9.84 Å². The quantitative estimate of drug-likeness (QED) is 0.509. The van der Waals surface area contributed by atoms with Crippen molar-refractivity contribution in [2.75, 3.05) is 13.2 Å². The van der Waals surface area contributed by atoms with Crippen LogP contribution in [0.15, 0.2) is 70.6 Å². The number of allylic oxidation sites excluding steroid dienone is 8. The van der Waals surface area contributed by atoms with Gasteiger partial charge in [-0.3, -0.25) is 0 Å². The molecule has 130 valence electrons. The summed E-state index contributed by atoms with van der Waals surface area (Å²) >= 11 is 0. The molecule has 1 heterocycles. The third-order valence-corrected chi connectivity index (χ3v) is 5.18. The van der Waals surface area contributed by atoms with Gasteiger partial charge in [-0.25, -0.2) is 0 Å². The average molecular weight is 326 g/mol. The van der Waals surface area contributed by atoms with Crippen molar-refractivity contribution in [1.29, 1.82) is 0 Å². The van der Waals surface area contributed by atoms with Gasteiger partial charge in [0.2, 0.25) is 0 Å². The van der Waals surface area contributed by atoms with Crippen molar-refractivity contribution in [2.45, 2.75) is 40.5 Å². The minimum atomic E-state index is 0.146. The number of hydrogen-bond donors (Lipinski definition) is 1. The second-order valence-electron chi connectivity index (χ2n) is 6.82. The van der Waals surface area contributed by atoms with Gasteiger partial charge in [0, 0.05) is 11.8 Å². The lowest BCUT2D eigenvalue weighted by atomic mass is 9.73. The Morgan fingerprint density at radius 2 is 2.17 bits per heavy atom. The van der Waals surface area contributed by atoms with E-state index in [0.29, 0.717) is 18.3 Å². The maximum Gasteiger partial charge on any atom is 0.0956 e. The van der Waals surface area contributed by atoms with Gasteiger partial charge in [0.1, 0.15) is 0 Å². The lowest BCUT2D eigenvalue weighted by molar-refractivity contribution is 0.109. The van der Waals surface area contributed by atoms with Crippen LogP contribution >= 0.6 is 0 Å². The number of aliphatic hydroxyl groups excluding tert-OH is 1. The van der Waals surface area contributed by atoms with Gasteiger partial charge in [-0.05, 0) is 60.6 Å². The molecule has 0 aromatic heterocycles. The van der Waals surface area contributed by atoms with E-state index in [2.05, 4.69) is 40.0 Å². The molecule has 1 aliphatic carbocycles. The Labute approximate surface area is 146 Å². The van der Waals surface area contributed by atoms with Crippen LogP contribution in [0.3, 0.4) is 0 Å². The molecule has 2 heteroatoms. The van der Waals surface area contributed by atoms with E-state index in [9.17, 15) is 5.11 Å². The first kappa shape index (κ1) is 18.5. The highest BCUT2D eigenvalue weighted by atomic mass is 16.5. The second kappa shape index (κ2) is 7.85. The largest absolute Gasteiger partial charge is 0.512 e. The SMILES string of the molecule is C=CC1=C2/C(=C\C)COC[C@H]2CC(C)=C1C(=C)/C=C(/O)[C@@H](C)CC. The molecule has 2 nitrogen and oxygen atoms in total. The van der Waals surface area contributed by atoms with Gasteiger partial charge in [0.25, 0.3) is 0 Å². The summed E-state index contributed by atoms with van der Waals surface area (Å²) in [5.41, 5.74) is 7.03. The topological polar surface area (TPSA) is 29.5 Å². The van der Waals surface area contributed by atoms with E-state index in [0.717, 1.165) is 36.2 Å². The third kappa shape index (κ3) is 3.49. The summed E-state index contributed by atoms with van der Waals surface area (Å²) < 4.78 is 5.76. The van der Waals surface area contributed by atoms with Crippen molar-refractivity contribution in [3.63, 3.8) is 0 Å². The highest BCUT2D eigenvalue weighted by molar-refractivity contribution is 5.64. The predicted octanol–water partition coefficient (Wildman–Crippen LogP) is 5.83. The first-order valence-electron chi connectivity index (χ1n) is 8.84. The van der Waals surface area contributed by atoms with Crippen molar-refractivity contribution < 1.29 is 9.84 Å². The average Bonchev–Trinajstić information content (AvgIpc) is 2.58. The standard InChI is InChI=1S/C22H30O2/c1-7-14(4)20(23)11-16(6)21-15(5)10-18-13-24-12-17(8-2)22(18)19(21)9-3/h8-9,11,14,18,23H,3,6-7,10,12-13H2,1-2,4-5H3/b17-8-,20-11+/t14-,18+/m0/s1. The fourth-order valence-corrected chi connectivity index (χ4v) is 3.62. The summed E-state index contributed by atoms with van der Waals surface area (Å²) in [7, 11) is 0. The van der Waals surface area contributed by atoms with Crippen LogP contribution in [0.25, 0.3) is 0 Å². The maximum atomic E-state index is 10.3. The summed E-state index contributed by atoms with van der Waals surface area (Å²) in [5, 5.41) is 10.3. The van der Waals surface area contributed by atoms with E-state index in [-0.39, 0.29) is 5.92 Å². The molecule has 0 unspecified atom stereocenters. The van der Waals surface area contributed by atoms with E-state index in [1.807, 2.05) is 19.1 Å². The molecule has 0 aromatic rings. The van der Waals surface area contributed by atoms with Crippen LogP contribution in [0.2, 0.25) is 0 Å². The Hall–Kier alpha value is -1.80. The van der Waals surface area contributed by atoms with E-state index < -0.39 is 0 Å². The predicted molar refractivity (Wildman–Crippen MR) is 102 cm³/mol. The normalized spacial score (nSPS) is 24.9. The molecule has 24 heavy (non-hydrogen) atoms. The van der Waals surface area contributed by atoms with Crippen LogP contribution in [0.5, 0.6) is 0 Å². The highest BCUT2D eigenvalue weighted by Crippen LogP contribution is 2.43. The summed E-state index contributed by atoms with van der Waals surface area (Å²) in [6, 6.07) is 0. The number of rotatable bonds is 5. The molecule has 2 rings (SSSR count). The first-order valence-corrected chi connectivity index (χ1v) is 8.84. The van der Waals surface area contributed by atoms with Crippen LogP contribution in [-0.4, -0.2) is 18.3 Å². The van der Waals surface area contributed by atoms with Crippen LogP contribution in [0.1, 0.15) is 40.5 Å². The van der Waals surface area contributed by atoms with Crippen LogP contribution < -0.4 is 0 Å². The fraction of sp³-hybridized carbons (Fsp3) is 0.455. The lowest BCUT2D eigenvalue weighted by Crippen LogP contribution is -2.27. The summed E-state index contributed by atoms with van der Waals surface area (Å²) in [5.74, 6) is 0.936. The third-order valence-electron chi connectivity index (χ3n) is 5.18. The van der Waals surface area contributed by atoms with Crippen molar-refractivity contribution in [1.82, 2.24) is 0 Å². The second-order valence-corrected chi connectivity index (χ2v) is 6.82. The number of hydrogen-bond acceptors (Lipinski definition) is 2. The summed E-state index contributed by atoms with van der Waals surface area (Å²) in [4.78, 5) is 0. The van der Waals surface area contributed by atoms with Gasteiger partial charge >= 0.3 is 0 Å². The van der Waals surface area contributed by atoms with E-state index in [1.165, 1.54) is 16.7 Å².